The van der Waals surface area contributed by atoms with E-state index in [1.54, 1.807) is 0 Å². The quantitative estimate of drug-likeness (QED) is 0.701. The standard InChI is InChI=1S/C15H22ClNO/c1-4-9-15(2,12-18)11-17(3)10-13-7-5-6-8-14(13)16/h5-8,12H,4,9-11H2,1-3H3. The molecule has 100 valence electrons. The number of hydrogen-bond acceptors (Lipinski definition) is 2. The summed E-state index contributed by atoms with van der Waals surface area (Å²) in [4.78, 5) is 13.4. The predicted octanol–water partition coefficient (Wildman–Crippen LogP) is 3.78. The molecule has 1 aromatic carbocycles. The predicted molar refractivity (Wildman–Crippen MR) is 76.9 cm³/mol. The first kappa shape index (κ1) is 15.2. The van der Waals surface area contributed by atoms with Crippen LogP contribution < -0.4 is 0 Å². The van der Waals surface area contributed by atoms with Crippen molar-refractivity contribution < 1.29 is 4.79 Å². The lowest BCUT2D eigenvalue weighted by Crippen LogP contribution is -2.34. The van der Waals surface area contributed by atoms with Gasteiger partial charge in [0, 0.05) is 23.5 Å². The Morgan fingerprint density at radius 1 is 1.39 bits per heavy atom. The minimum absolute atomic E-state index is 0.259. The Kier molecular flexibility index (Phi) is 5.83. The van der Waals surface area contributed by atoms with Crippen LogP contribution >= 0.6 is 11.6 Å². The Bertz CT molecular complexity index is 394. The molecule has 3 heteroatoms. The molecule has 1 aromatic rings. The fourth-order valence-electron chi connectivity index (χ4n) is 2.34. The molecule has 0 N–H and O–H groups in total. The Balaban J connectivity index is 2.63. The van der Waals surface area contributed by atoms with Crippen molar-refractivity contribution >= 4 is 17.9 Å². The number of carbonyl (C=O) groups is 1. The maximum absolute atomic E-state index is 11.2. The summed E-state index contributed by atoms with van der Waals surface area (Å²) in [7, 11) is 2.03. The van der Waals surface area contributed by atoms with Gasteiger partial charge in [-0.05, 0) is 25.1 Å². The first-order valence-electron chi connectivity index (χ1n) is 6.39. The molecule has 0 spiro atoms. The number of rotatable bonds is 7. The minimum atomic E-state index is -0.259. The lowest BCUT2D eigenvalue weighted by Gasteiger charge is -2.29. The normalized spacial score (nSPS) is 14.5. The van der Waals surface area contributed by atoms with Gasteiger partial charge >= 0.3 is 0 Å². The molecule has 0 heterocycles. The van der Waals surface area contributed by atoms with Gasteiger partial charge in [-0.1, -0.05) is 50.1 Å². The van der Waals surface area contributed by atoms with E-state index in [-0.39, 0.29) is 5.41 Å². The van der Waals surface area contributed by atoms with E-state index in [0.717, 1.165) is 42.8 Å². The van der Waals surface area contributed by atoms with Crippen molar-refractivity contribution in [2.24, 2.45) is 5.41 Å². The van der Waals surface area contributed by atoms with Gasteiger partial charge < -0.3 is 9.69 Å². The lowest BCUT2D eigenvalue weighted by atomic mass is 9.87. The van der Waals surface area contributed by atoms with Crippen LogP contribution in [0.2, 0.25) is 5.02 Å². The molecule has 0 bridgehead atoms. The molecule has 1 unspecified atom stereocenters. The van der Waals surface area contributed by atoms with E-state index >= 15 is 0 Å². The van der Waals surface area contributed by atoms with Crippen LogP contribution in [0.15, 0.2) is 24.3 Å². The third-order valence-electron chi connectivity index (χ3n) is 3.13. The highest BCUT2D eigenvalue weighted by molar-refractivity contribution is 6.31. The molecule has 0 saturated heterocycles. The molecular weight excluding hydrogens is 246 g/mol. The molecule has 1 atom stereocenters. The zero-order valence-corrected chi connectivity index (χ0v) is 12.2. The summed E-state index contributed by atoms with van der Waals surface area (Å²) < 4.78 is 0. The van der Waals surface area contributed by atoms with E-state index < -0.39 is 0 Å². The Morgan fingerprint density at radius 3 is 2.61 bits per heavy atom. The van der Waals surface area contributed by atoms with Crippen LogP contribution in [0.5, 0.6) is 0 Å². The largest absolute Gasteiger partial charge is 0.303 e. The zero-order valence-electron chi connectivity index (χ0n) is 11.4. The van der Waals surface area contributed by atoms with Crippen molar-refractivity contribution in [1.82, 2.24) is 4.90 Å². The first-order chi connectivity index (χ1) is 8.50. The highest BCUT2D eigenvalue weighted by Gasteiger charge is 2.24. The maximum atomic E-state index is 11.2. The number of benzene rings is 1. The van der Waals surface area contributed by atoms with Gasteiger partial charge in [-0.25, -0.2) is 0 Å². The van der Waals surface area contributed by atoms with Gasteiger partial charge in [0.1, 0.15) is 6.29 Å². The molecule has 18 heavy (non-hydrogen) atoms. The summed E-state index contributed by atoms with van der Waals surface area (Å²) in [6, 6.07) is 7.84. The highest BCUT2D eigenvalue weighted by Crippen LogP contribution is 2.23. The Labute approximate surface area is 115 Å². The minimum Gasteiger partial charge on any atom is -0.303 e. The molecule has 0 fully saturated rings. The van der Waals surface area contributed by atoms with Crippen molar-refractivity contribution in [2.75, 3.05) is 13.6 Å². The topological polar surface area (TPSA) is 20.3 Å². The molecule has 0 aromatic heterocycles. The van der Waals surface area contributed by atoms with E-state index in [4.69, 9.17) is 11.6 Å². The fraction of sp³-hybridized carbons (Fsp3) is 0.533. The number of carbonyl (C=O) groups excluding carboxylic acids is 1. The van der Waals surface area contributed by atoms with E-state index in [0.29, 0.717) is 0 Å². The summed E-state index contributed by atoms with van der Waals surface area (Å²) in [5.41, 5.74) is 0.844. The summed E-state index contributed by atoms with van der Waals surface area (Å²) in [5, 5.41) is 0.785. The van der Waals surface area contributed by atoms with Crippen molar-refractivity contribution in [3.05, 3.63) is 34.9 Å². The molecule has 0 aliphatic heterocycles. The Morgan fingerprint density at radius 2 is 2.06 bits per heavy atom. The van der Waals surface area contributed by atoms with Crippen molar-refractivity contribution in [2.45, 2.75) is 33.2 Å². The van der Waals surface area contributed by atoms with Crippen LogP contribution in [0.25, 0.3) is 0 Å². The van der Waals surface area contributed by atoms with Gasteiger partial charge in [0.05, 0.1) is 0 Å². The molecule has 1 rings (SSSR count). The van der Waals surface area contributed by atoms with Gasteiger partial charge in [0.2, 0.25) is 0 Å². The summed E-state index contributed by atoms with van der Waals surface area (Å²) in [6.45, 7) is 5.66. The van der Waals surface area contributed by atoms with Gasteiger partial charge in [-0.3, -0.25) is 0 Å². The molecule has 0 amide bonds. The van der Waals surface area contributed by atoms with Crippen molar-refractivity contribution in [3.8, 4) is 0 Å². The number of nitrogens with zero attached hydrogens (tertiary/aromatic N) is 1. The molecule has 0 aliphatic carbocycles. The average Bonchev–Trinajstić information content (AvgIpc) is 2.32. The summed E-state index contributed by atoms with van der Waals surface area (Å²) in [5.74, 6) is 0. The SMILES string of the molecule is CCCC(C)(C=O)CN(C)Cc1ccccc1Cl. The monoisotopic (exact) mass is 267 g/mol. The second-order valence-corrected chi connectivity index (χ2v) is 5.69. The average molecular weight is 268 g/mol. The summed E-state index contributed by atoms with van der Waals surface area (Å²) in [6.07, 6.45) is 3.03. The van der Waals surface area contributed by atoms with Gasteiger partial charge in [-0.15, -0.1) is 0 Å². The van der Waals surface area contributed by atoms with Crippen LogP contribution in [0.4, 0.5) is 0 Å². The van der Waals surface area contributed by atoms with Crippen molar-refractivity contribution in [1.29, 1.82) is 0 Å². The number of aldehydes is 1. The molecular formula is C15H22ClNO. The van der Waals surface area contributed by atoms with Gasteiger partial charge in [-0.2, -0.15) is 0 Å². The zero-order chi connectivity index (χ0) is 13.6. The second-order valence-electron chi connectivity index (χ2n) is 5.29. The second kappa shape index (κ2) is 6.91. The van der Waals surface area contributed by atoms with Gasteiger partial charge in [0.15, 0.2) is 0 Å². The lowest BCUT2D eigenvalue weighted by molar-refractivity contribution is -0.116. The van der Waals surface area contributed by atoms with Crippen LogP contribution in [0.3, 0.4) is 0 Å². The van der Waals surface area contributed by atoms with E-state index in [2.05, 4.69) is 11.8 Å². The number of hydrogen-bond donors (Lipinski definition) is 0. The van der Waals surface area contributed by atoms with Crippen molar-refractivity contribution in [3.63, 3.8) is 0 Å². The first-order valence-corrected chi connectivity index (χ1v) is 6.77. The molecule has 2 nitrogen and oxygen atoms in total. The third-order valence-corrected chi connectivity index (χ3v) is 3.50. The smallest absolute Gasteiger partial charge is 0.127 e. The fourth-order valence-corrected chi connectivity index (χ4v) is 2.53. The molecule has 0 aliphatic rings. The molecule has 0 saturated carbocycles. The van der Waals surface area contributed by atoms with E-state index in [1.165, 1.54) is 0 Å². The van der Waals surface area contributed by atoms with Crippen LogP contribution in [-0.4, -0.2) is 24.8 Å². The van der Waals surface area contributed by atoms with E-state index in [1.807, 2.05) is 38.2 Å². The Hall–Kier alpha value is -0.860. The van der Waals surface area contributed by atoms with Crippen LogP contribution in [0.1, 0.15) is 32.3 Å². The third kappa shape index (κ3) is 4.43. The number of halogens is 1. The van der Waals surface area contributed by atoms with E-state index in [9.17, 15) is 4.79 Å². The van der Waals surface area contributed by atoms with Crippen LogP contribution in [0, 0.1) is 5.41 Å². The van der Waals surface area contributed by atoms with Gasteiger partial charge in [0.25, 0.3) is 0 Å². The maximum Gasteiger partial charge on any atom is 0.127 e. The summed E-state index contributed by atoms with van der Waals surface area (Å²) >= 11 is 6.14. The van der Waals surface area contributed by atoms with Crippen LogP contribution in [-0.2, 0) is 11.3 Å². The highest BCUT2D eigenvalue weighted by atomic mass is 35.5. The molecule has 0 radical (unpaired) electrons.